The van der Waals surface area contributed by atoms with E-state index < -0.39 is 0 Å². The van der Waals surface area contributed by atoms with Crippen molar-refractivity contribution < 1.29 is 4.79 Å². The molecule has 1 nitrogen and oxygen atoms in total. The van der Waals surface area contributed by atoms with E-state index in [9.17, 15) is 4.79 Å². The van der Waals surface area contributed by atoms with Crippen molar-refractivity contribution in [1.29, 1.82) is 0 Å². The molecule has 12 heavy (non-hydrogen) atoms. The van der Waals surface area contributed by atoms with Crippen LogP contribution in [-0.4, -0.2) is 35.8 Å². The Morgan fingerprint density at radius 2 is 2.17 bits per heavy atom. The summed E-state index contributed by atoms with van der Waals surface area (Å²) in [6, 6.07) is 8.25. The zero-order valence-electron chi connectivity index (χ0n) is 6.71. The van der Waals surface area contributed by atoms with Gasteiger partial charge in [0.1, 0.15) is 6.29 Å². The van der Waals surface area contributed by atoms with E-state index in [1.165, 1.54) is 11.1 Å². The van der Waals surface area contributed by atoms with Gasteiger partial charge in [-0.1, -0.05) is 29.8 Å². The first-order valence-corrected chi connectivity index (χ1v) is 3.82. The summed E-state index contributed by atoms with van der Waals surface area (Å²) in [6.07, 6.45) is 2.46. The van der Waals surface area contributed by atoms with E-state index in [1.807, 2.05) is 6.07 Å². The maximum atomic E-state index is 10.1. The van der Waals surface area contributed by atoms with Crippen molar-refractivity contribution in [2.75, 3.05) is 0 Å². The van der Waals surface area contributed by atoms with Crippen LogP contribution in [0.15, 0.2) is 24.3 Å². The predicted molar refractivity (Wildman–Crippen MR) is 52.7 cm³/mol. The summed E-state index contributed by atoms with van der Waals surface area (Å²) in [4.78, 5) is 10.1. The van der Waals surface area contributed by atoms with Gasteiger partial charge in [0.2, 0.25) is 0 Å². The number of carbonyl (C=O) groups excluding carboxylic acids is 1. The van der Waals surface area contributed by atoms with Crippen LogP contribution in [0.1, 0.15) is 17.5 Å². The summed E-state index contributed by atoms with van der Waals surface area (Å²) in [6.45, 7) is 2.06. The zero-order chi connectivity index (χ0) is 8.10. The normalized spacial score (nSPS) is 8.75. The topological polar surface area (TPSA) is 17.1 Å². The molecular weight excluding hydrogens is 159 g/mol. The van der Waals surface area contributed by atoms with E-state index >= 15 is 0 Å². The fraction of sp³-hybridized carbons (Fsp3) is 0.300. The second kappa shape index (κ2) is 6.41. The van der Waals surface area contributed by atoms with E-state index in [1.54, 1.807) is 0 Å². The molecule has 0 amide bonds. The molecule has 0 radical (unpaired) electrons. The van der Waals surface area contributed by atoms with Crippen molar-refractivity contribution >= 4 is 35.8 Å². The number of aldehydes is 1. The first-order valence-electron chi connectivity index (χ1n) is 3.82. The van der Waals surface area contributed by atoms with Gasteiger partial charge in [0.05, 0.1) is 0 Å². The molecule has 2 heteroatoms. The van der Waals surface area contributed by atoms with Gasteiger partial charge in [-0.05, 0) is 18.9 Å². The third-order valence-electron chi connectivity index (χ3n) is 1.63. The van der Waals surface area contributed by atoms with Crippen LogP contribution >= 0.6 is 0 Å². The molecule has 0 aliphatic carbocycles. The van der Waals surface area contributed by atoms with Gasteiger partial charge >= 0.3 is 29.6 Å². The van der Waals surface area contributed by atoms with Crippen molar-refractivity contribution in [1.82, 2.24) is 0 Å². The zero-order valence-corrected chi connectivity index (χ0v) is 6.71. The van der Waals surface area contributed by atoms with E-state index in [2.05, 4.69) is 25.1 Å². The van der Waals surface area contributed by atoms with Crippen LogP contribution in [0.3, 0.4) is 0 Å². The summed E-state index contributed by atoms with van der Waals surface area (Å²) < 4.78 is 0. The number of aryl methyl sites for hydroxylation is 2. The fourth-order valence-corrected chi connectivity index (χ4v) is 1.09. The second-order valence-electron chi connectivity index (χ2n) is 2.69. The SMILES string of the molecule is Cc1cccc(CCC=O)c1.[NaH]. The Kier molecular flexibility index (Phi) is 6.35. The van der Waals surface area contributed by atoms with Gasteiger partial charge in [-0.25, -0.2) is 0 Å². The van der Waals surface area contributed by atoms with Crippen LogP contribution in [0.4, 0.5) is 0 Å². The predicted octanol–water partition coefficient (Wildman–Crippen LogP) is 1.48. The molecule has 0 N–H and O–H groups in total. The second-order valence-corrected chi connectivity index (χ2v) is 2.69. The molecule has 0 saturated carbocycles. The summed E-state index contributed by atoms with van der Waals surface area (Å²) >= 11 is 0. The average molecular weight is 172 g/mol. The van der Waals surface area contributed by atoms with E-state index in [0.717, 1.165) is 12.7 Å². The molecule has 0 atom stereocenters. The Morgan fingerprint density at radius 3 is 2.75 bits per heavy atom. The van der Waals surface area contributed by atoms with Crippen molar-refractivity contribution in [3.63, 3.8) is 0 Å². The van der Waals surface area contributed by atoms with Crippen LogP contribution in [0.2, 0.25) is 0 Å². The Hall–Kier alpha value is -0.110. The van der Waals surface area contributed by atoms with Crippen LogP contribution in [-0.2, 0) is 11.2 Å². The van der Waals surface area contributed by atoms with E-state index in [4.69, 9.17) is 0 Å². The standard InChI is InChI=1S/C10H12O.Na.H/c1-9-4-2-5-10(8-9)6-3-7-11;;/h2,4-5,7-8H,3,6H2,1H3;;. The Morgan fingerprint density at radius 1 is 1.42 bits per heavy atom. The third kappa shape index (κ3) is 4.05. The summed E-state index contributed by atoms with van der Waals surface area (Å²) in [5.74, 6) is 0. The van der Waals surface area contributed by atoms with Crippen LogP contribution in [0.5, 0.6) is 0 Å². The van der Waals surface area contributed by atoms with Gasteiger partial charge in [0.15, 0.2) is 0 Å². The minimum absolute atomic E-state index is 0. The molecule has 0 spiro atoms. The van der Waals surface area contributed by atoms with Crippen LogP contribution in [0.25, 0.3) is 0 Å². The quantitative estimate of drug-likeness (QED) is 0.498. The molecule has 60 valence electrons. The molecule has 1 aromatic rings. The molecule has 0 heterocycles. The molecule has 0 bridgehead atoms. The molecule has 0 aliphatic heterocycles. The van der Waals surface area contributed by atoms with Gasteiger partial charge in [0.25, 0.3) is 0 Å². The molecule has 0 aliphatic rings. The van der Waals surface area contributed by atoms with Crippen molar-refractivity contribution in [2.24, 2.45) is 0 Å². The van der Waals surface area contributed by atoms with Crippen molar-refractivity contribution in [3.05, 3.63) is 35.4 Å². The maximum absolute atomic E-state index is 10.1. The molecule has 1 rings (SSSR count). The Balaban J connectivity index is 0.00000121. The van der Waals surface area contributed by atoms with Crippen molar-refractivity contribution in [3.8, 4) is 0 Å². The fourth-order valence-electron chi connectivity index (χ4n) is 1.09. The number of carbonyl (C=O) groups is 1. The molecule has 0 unspecified atom stereocenters. The number of hydrogen-bond acceptors (Lipinski definition) is 1. The Bertz CT molecular complexity index is 245. The monoisotopic (exact) mass is 172 g/mol. The van der Waals surface area contributed by atoms with E-state index in [0.29, 0.717) is 6.42 Å². The number of rotatable bonds is 3. The Labute approximate surface area is 95.5 Å². The summed E-state index contributed by atoms with van der Waals surface area (Å²) in [7, 11) is 0. The molecule has 0 aromatic heterocycles. The molecule has 0 fully saturated rings. The minimum atomic E-state index is 0. The first kappa shape index (κ1) is 11.9. The van der Waals surface area contributed by atoms with Gasteiger partial charge in [-0.3, -0.25) is 0 Å². The summed E-state index contributed by atoms with van der Waals surface area (Å²) in [5.41, 5.74) is 2.51. The van der Waals surface area contributed by atoms with Gasteiger partial charge in [0, 0.05) is 6.42 Å². The van der Waals surface area contributed by atoms with Crippen LogP contribution < -0.4 is 0 Å². The van der Waals surface area contributed by atoms with E-state index in [-0.39, 0.29) is 29.6 Å². The molecule has 1 aromatic carbocycles. The van der Waals surface area contributed by atoms with Gasteiger partial charge in [-0.2, -0.15) is 0 Å². The van der Waals surface area contributed by atoms with Crippen LogP contribution in [0, 0.1) is 6.92 Å². The number of hydrogen-bond donors (Lipinski definition) is 0. The van der Waals surface area contributed by atoms with Gasteiger partial charge in [-0.15, -0.1) is 0 Å². The van der Waals surface area contributed by atoms with Gasteiger partial charge < -0.3 is 4.79 Å². The van der Waals surface area contributed by atoms with Crippen molar-refractivity contribution in [2.45, 2.75) is 19.8 Å². The molecular formula is C10H13NaO. The summed E-state index contributed by atoms with van der Waals surface area (Å²) in [5, 5.41) is 0. The third-order valence-corrected chi connectivity index (χ3v) is 1.63. The first-order chi connectivity index (χ1) is 5.33. The average Bonchev–Trinajstić information content (AvgIpc) is 2.01. The molecule has 0 saturated heterocycles. The number of benzene rings is 1.